The molecule has 1 N–H and O–H groups in total. The monoisotopic (exact) mass is 468 g/mol. The summed E-state index contributed by atoms with van der Waals surface area (Å²) in [6.07, 6.45) is -1.39. The van der Waals surface area contributed by atoms with Gasteiger partial charge >= 0.3 is 6.09 Å². The van der Waals surface area contributed by atoms with Crippen LogP contribution in [0, 0.1) is 0 Å². The number of anilines is 2. The minimum absolute atomic E-state index is 0.0480. The summed E-state index contributed by atoms with van der Waals surface area (Å²) in [5.41, 5.74) is 0.590. The van der Waals surface area contributed by atoms with Gasteiger partial charge < -0.3 is 24.4 Å². The maximum absolute atomic E-state index is 12.6. The predicted molar refractivity (Wildman–Crippen MR) is 115 cm³/mol. The molecule has 4 rings (SSSR count). The maximum atomic E-state index is 12.6. The summed E-state index contributed by atoms with van der Waals surface area (Å²) in [6, 6.07) is 7.68. The van der Waals surface area contributed by atoms with E-state index in [-0.39, 0.29) is 42.9 Å². The number of hydrogen-bond donors (Lipinski definition) is 1. The molecule has 31 heavy (non-hydrogen) atoms. The molecule has 1 atom stereocenters. The van der Waals surface area contributed by atoms with Crippen LogP contribution in [0.3, 0.4) is 0 Å². The molecule has 3 heterocycles. The number of nitrogens with one attached hydrogen (secondary N) is 1. The number of benzene rings is 1. The van der Waals surface area contributed by atoms with E-state index in [0.717, 1.165) is 11.3 Å². The van der Waals surface area contributed by atoms with Gasteiger partial charge in [-0.15, -0.1) is 11.3 Å². The Kier molecular flexibility index (Phi) is 5.25. The molecule has 2 fully saturated rings. The van der Waals surface area contributed by atoms with Crippen molar-refractivity contribution >= 4 is 52.2 Å². The minimum atomic E-state index is -2.79. The Balaban J connectivity index is 1.50. The van der Waals surface area contributed by atoms with Crippen molar-refractivity contribution < 1.29 is 32.7 Å². The van der Waals surface area contributed by atoms with Crippen LogP contribution >= 0.6 is 22.9 Å². The topological polar surface area (TPSA) is 97.4 Å². The average molecular weight is 469 g/mol. The van der Waals surface area contributed by atoms with E-state index in [1.807, 2.05) is 0 Å². The number of cyclic esters (lactones) is 1. The first-order valence-corrected chi connectivity index (χ1v) is 10.5. The van der Waals surface area contributed by atoms with Crippen LogP contribution in [0.2, 0.25) is 4.34 Å². The van der Waals surface area contributed by atoms with Crippen molar-refractivity contribution in [1.29, 1.82) is 0 Å². The van der Waals surface area contributed by atoms with Crippen LogP contribution in [0.25, 0.3) is 0 Å². The Morgan fingerprint density at radius 2 is 2.23 bits per heavy atom. The molecule has 2 aliphatic heterocycles. The first-order valence-electron chi connectivity index (χ1n) is 10.8. The highest BCUT2D eigenvalue weighted by molar-refractivity contribution is 7.18. The maximum Gasteiger partial charge on any atom is 0.414 e. The molecule has 0 radical (unpaired) electrons. The highest BCUT2D eigenvalue weighted by Gasteiger charge is 2.34. The summed E-state index contributed by atoms with van der Waals surface area (Å²) >= 11 is 6.98. The van der Waals surface area contributed by atoms with Gasteiger partial charge in [0.2, 0.25) is 0 Å². The van der Waals surface area contributed by atoms with Gasteiger partial charge in [-0.1, -0.05) is 11.6 Å². The number of morpholine rings is 1. The Morgan fingerprint density at radius 1 is 1.35 bits per heavy atom. The summed E-state index contributed by atoms with van der Waals surface area (Å²) in [7, 11) is -2.79. The SMILES string of the molecule is [2H]C([2H])([2H])Oc1cc(N2CCOCC2=O)ccc1N1C[C@H](CNC(=O)c2ccc(Cl)s2)OC1=O. The lowest BCUT2D eigenvalue weighted by Crippen LogP contribution is -2.41. The lowest BCUT2D eigenvalue weighted by atomic mass is 10.2. The van der Waals surface area contributed by atoms with E-state index < -0.39 is 19.2 Å². The van der Waals surface area contributed by atoms with Gasteiger partial charge in [0.25, 0.3) is 11.8 Å². The number of hydrogen-bond acceptors (Lipinski definition) is 7. The molecule has 0 aliphatic carbocycles. The normalized spacial score (nSPS) is 20.7. The van der Waals surface area contributed by atoms with Crippen molar-refractivity contribution in [2.45, 2.75) is 6.10 Å². The molecule has 9 nitrogen and oxygen atoms in total. The number of carbonyl (C=O) groups is 3. The zero-order chi connectivity index (χ0) is 24.5. The fraction of sp³-hybridized carbons (Fsp3) is 0.350. The van der Waals surface area contributed by atoms with E-state index in [1.54, 1.807) is 18.2 Å². The number of rotatable bonds is 6. The molecule has 0 unspecified atom stereocenters. The molecule has 3 amide bonds. The van der Waals surface area contributed by atoms with Gasteiger partial charge in [-0.25, -0.2) is 4.79 Å². The van der Waals surface area contributed by atoms with Crippen LogP contribution in [0.1, 0.15) is 13.8 Å². The summed E-state index contributed by atoms with van der Waals surface area (Å²) in [4.78, 5) is 40.1. The van der Waals surface area contributed by atoms with Gasteiger partial charge in [0.15, 0.2) is 0 Å². The molecule has 2 saturated heterocycles. The van der Waals surface area contributed by atoms with Gasteiger partial charge in [0.1, 0.15) is 18.5 Å². The molecule has 164 valence electrons. The Labute approximate surface area is 191 Å². The largest absolute Gasteiger partial charge is 0.494 e. The van der Waals surface area contributed by atoms with E-state index in [0.29, 0.717) is 28.1 Å². The van der Waals surface area contributed by atoms with Gasteiger partial charge in [0.05, 0.1) is 45.7 Å². The minimum Gasteiger partial charge on any atom is -0.494 e. The number of amides is 3. The zero-order valence-electron chi connectivity index (χ0n) is 19.1. The highest BCUT2D eigenvalue weighted by atomic mass is 35.5. The van der Waals surface area contributed by atoms with Crippen molar-refractivity contribution in [2.75, 3.05) is 49.7 Å². The third-order valence-electron chi connectivity index (χ3n) is 4.80. The highest BCUT2D eigenvalue weighted by Crippen LogP contribution is 2.35. The van der Waals surface area contributed by atoms with E-state index in [2.05, 4.69) is 5.32 Å². The van der Waals surface area contributed by atoms with E-state index >= 15 is 0 Å². The number of ether oxygens (including phenoxy) is 3. The molecule has 11 heteroatoms. The molecule has 0 saturated carbocycles. The van der Waals surface area contributed by atoms with Crippen molar-refractivity contribution in [2.24, 2.45) is 0 Å². The predicted octanol–water partition coefficient (Wildman–Crippen LogP) is 2.53. The molecule has 0 bridgehead atoms. The third-order valence-corrected chi connectivity index (χ3v) is 6.03. The molecular formula is C20H20ClN3O6S. The van der Waals surface area contributed by atoms with Crippen molar-refractivity contribution in [3.05, 3.63) is 39.5 Å². The van der Waals surface area contributed by atoms with Crippen LogP contribution in [-0.4, -0.2) is 63.9 Å². The summed E-state index contributed by atoms with van der Waals surface area (Å²) in [5.74, 6) is -0.730. The number of nitrogens with zero attached hydrogens (tertiary/aromatic N) is 2. The Bertz CT molecular complexity index is 1110. The van der Waals surface area contributed by atoms with Crippen LogP contribution in [-0.2, 0) is 14.3 Å². The van der Waals surface area contributed by atoms with E-state index in [1.165, 1.54) is 21.9 Å². The number of halogens is 1. The van der Waals surface area contributed by atoms with Crippen molar-refractivity contribution in [3.8, 4) is 5.75 Å². The van der Waals surface area contributed by atoms with Crippen molar-refractivity contribution in [3.63, 3.8) is 0 Å². The molecular weight excluding hydrogens is 446 g/mol. The fourth-order valence-electron chi connectivity index (χ4n) is 3.32. The molecule has 1 aromatic carbocycles. The van der Waals surface area contributed by atoms with Crippen LogP contribution in [0.15, 0.2) is 30.3 Å². The number of thiophene rings is 1. The van der Waals surface area contributed by atoms with Crippen LogP contribution in [0.4, 0.5) is 16.2 Å². The van der Waals surface area contributed by atoms with Gasteiger partial charge in [-0.05, 0) is 24.3 Å². The number of carbonyl (C=O) groups excluding carboxylic acids is 3. The molecule has 2 aliphatic rings. The first-order chi connectivity index (χ1) is 16.1. The van der Waals surface area contributed by atoms with Crippen LogP contribution in [0.5, 0.6) is 5.75 Å². The first kappa shape index (κ1) is 17.8. The van der Waals surface area contributed by atoms with Gasteiger partial charge in [0, 0.05) is 18.3 Å². The standard InChI is InChI=1S/C20H20ClN3O6S/c1-28-15-8-12(23-6-7-29-11-18(23)25)2-3-14(15)24-10-13(30-20(24)27)9-22-19(26)16-4-5-17(21)31-16/h2-5,8,13H,6-7,9-11H2,1H3,(H,22,26)/t13-/m0/s1/i1D3. The quantitative estimate of drug-likeness (QED) is 0.699. The number of methoxy groups -OCH3 is 1. The second-order valence-corrected chi connectivity index (χ2v) is 8.50. The van der Waals surface area contributed by atoms with Gasteiger partial charge in [-0.3, -0.25) is 14.5 Å². The summed E-state index contributed by atoms with van der Waals surface area (Å²) < 4.78 is 38.6. The van der Waals surface area contributed by atoms with E-state index in [9.17, 15) is 14.4 Å². The zero-order valence-corrected chi connectivity index (χ0v) is 17.7. The average Bonchev–Trinajstić information content (AvgIpc) is 3.37. The second kappa shape index (κ2) is 9.13. The molecule has 0 spiro atoms. The second-order valence-electron chi connectivity index (χ2n) is 6.78. The molecule has 2 aromatic rings. The van der Waals surface area contributed by atoms with Gasteiger partial charge in [-0.2, -0.15) is 0 Å². The van der Waals surface area contributed by atoms with E-state index in [4.69, 9.17) is 29.9 Å². The van der Waals surface area contributed by atoms with Crippen LogP contribution < -0.4 is 19.9 Å². The fourth-order valence-corrected chi connectivity index (χ4v) is 4.28. The lowest BCUT2D eigenvalue weighted by molar-refractivity contribution is -0.125. The van der Waals surface area contributed by atoms with Crippen molar-refractivity contribution in [1.82, 2.24) is 5.32 Å². The Hall–Kier alpha value is -2.82. The smallest absolute Gasteiger partial charge is 0.414 e. The molecule has 1 aromatic heterocycles. The lowest BCUT2D eigenvalue weighted by Gasteiger charge is -2.28. The third kappa shape index (κ3) is 4.60. The Morgan fingerprint density at radius 3 is 2.97 bits per heavy atom. The summed E-state index contributed by atoms with van der Waals surface area (Å²) in [5, 5.41) is 2.69. The summed E-state index contributed by atoms with van der Waals surface area (Å²) in [6.45, 7) is 0.658.